The number of aryl methyl sites for hydroxylation is 1. The van der Waals surface area contributed by atoms with E-state index in [-0.39, 0.29) is 0 Å². The van der Waals surface area contributed by atoms with Crippen molar-refractivity contribution in [2.75, 3.05) is 5.32 Å². The van der Waals surface area contributed by atoms with Crippen LogP contribution in [0.2, 0.25) is 0 Å². The number of thiazole rings is 1. The summed E-state index contributed by atoms with van der Waals surface area (Å²) in [6, 6.07) is 1.78. The van der Waals surface area contributed by atoms with Gasteiger partial charge in [-0.3, -0.25) is 0 Å². The molecule has 74 valence electrons. The molecule has 0 aromatic carbocycles. The van der Waals surface area contributed by atoms with Crippen molar-refractivity contribution in [2.24, 2.45) is 0 Å². The smallest absolute Gasteiger partial charge is 0.169 e. The molecule has 4 nitrogen and oxygen atoms in total. The minimum Gasteiger partial charge on any atom is -0.363 e. The summed E-state index contributed by atoms with van der Waals surface area (Å²) in [5.41, 5.74) is 1.05. The summed E-state index contributed by atoms with van der Waals surface area (Å²) in [6.07, 6.45) is 2.54. The topological polar surface area (TPSA) is 51.0 Å². The highest BCUT2D eigenvalue weighted by Gasteiger charge is 2.00. The van der Waals surface area contributed by atoms with Gasteiger partial charge >= 0.3 is 0 Å². The lowest BCUT2D eigenvalue weighted by atomic mass is 10.4. The van der Waals surface area contributed by atoms with Crippen LogP contribution in [0.5, 0.6) is 0 Å². The van der Waals surface area contributed by atoms with Crippen LogP contribution < -0.4 is 5.32 Å². The summed E-state index contributed by atoms with van der Waals surface area (Å²) in [6.45, 7) is 2.80. The molecule has 5 heteroatoms. The fourth-order valence-corrected chi connectivity index (χ4v) is 1.82. The van der Waals surface area contributed by atoms with Gasteiger partial charge in [0.2, 0.25) is 0 Å². The molecule has 0 saturated heterocycles. The maximum Gasteiger partial charge on any atom is 0.169 e. The van der Waals surface area contributed by atoms with Crippen LogP contribution in [0.1, 0.15) is 17.6 Å². The molecule has 2 aromatic rings. The van der Waals surface area contributed by atoms with E-state index in [4.69, 9.17) is 4.52 Å². The van der Waals surface area contributed by atoms with E-state index in [1.54, 1.807) is 23.7 Å². The predicted molar refractivity (Wildman–Crippen MR) is 55.3 cm³/mol. The first-order chi connectivity index (χ1) is 6.88. The van der Waals surface area contributed by atoms with Crippen LogP contribution in [0.15, 0.2) is 22.2 Å². The maximum atomic E-state index is 4.70. The summed E-state index contributed by atoms with van der Waals surface area (Å²) in [5.74, 6) is 0.746. The van der Waals surface area contributed by atoms with Crippen molar-refractivity contribution in [2.45, 2.75) is 19.9 Å². The van der Waals surface area contributed by atoms with E-state index >= 15 is 0 Å². The van der Waals surface area contributed by atoms with Gasteiger partial charge in [0.15, 0.2) is 5.82 Å². The van der Waals surface area contributed by atoms with Gasteiger partial charge in [-0.25, -0.2) is 4.98 Å². The van der Waals surface area contributed by atoms with Gasteiger partial charge in [0.1, 0.15) is 6.26 Å². The molecule has 0 aliphatic heterocycles. The van der Waals surface area contributed by atoms with Gasteiger partial charge < -0.3 is 9.84 Å². The second-order valence-corrected chi connectivity index (χ2v) is 3.77. The Morgan fingerprint density at radius 2 is 2.50 bits per heavy atom. The van der Waals surface area contributed by atoms with Crippen molar-refractivity contribution < 1.29 is 4.52 Å². The molecule has 0 fully saturated rings. The molecule has 2 aromatic heterocycles. The molecule has 0 spiro atoms. The minimum atomic E-state index is 0.697. The van der Waals surface area contributed by atoms with E-state index in [2.05, 4.69) is 27.8 Å². The van der Waals surface area contributed by atoms with E-state index < -0.39 is 0 Å². The second-order valence-electron chi connectivity index (χ2n) is 2.82. The molecular formula is C9H11N3OS. The van der Waals surface area contributed by atoms with E-state index in [1.165, 1.54) is 5.01 Å². The van der Waals surface area contributed by atoms with Gasteiger partial charge in [0.05, 0.1) is 17.2 Å². The van der Waals surface area contributed by atoms with Gasteiger partial charge in [-0.1, -0.05) is 12.1 Å². The van der Waals surface area contributed by atoms with Crippen LogP contribution in [0.3, 0.4) is 0 Å². The Hall–Kier alpha value is -1.36. The summed E-state index contributed by atoms with van der Waals surface area (Å²) in [4.78, 5) is 4.43. The van der Waals surface area contributed by atoms with Crippen LogP contribution in [-0.2, 0) is 13.0 Å². The van der Waals surface area contributed by atoms with Crippen molar-refractivity contribution in [3.63, 3.8) is 0 Å². The Labute approximate surface area is 86.0 Å². The standard InChI is InChI=1S/C9H11N3OS/c1-2-9-11-7(6-14-9)5-10-8-3-4-13-12-8/h3-4,6H,2,5H2,1H3,(H,10,12). The van der Waals surface area contributed by atoms with Crippen LogP contribution in [0.4, 0.5) is 5.82 Å². The third-order valence-electron chi connectivity index (χ3n) is 1.79. The van der Waals surface area contributed by atoms with E-state index in [0.29, 0.717) is 6.54 Å². The Morgan fingerprint density at radius 1 is 1.57 bits per heavy atom. The Bertz CT molecular complexity index is 382. The first-order valence-electron chi connectivity index (χ1n) is 4.46. The normalized spacial score (nSPS) is 10.4. The number of anilines is 1. The van der Waals surface area contributed by atoms with Crippen molar-refractivity contribution in [3.8, 4) is 0 Å². The van der Waals surface area contributed by atoms with Gasteiger partial charge in [-0.2, -0.15) is 0 Å². The summed E-state index contributed by atoms with van der Waals surface area (Å²) >= 11 is 1.69. The van der Waals surface area contributed by atoms with Gasteiger partial charge in [-0.15, -0.1) is 11.3 Å². The SMILES string of the molecule is CCc1nc(CNc2ccon2)cs1. The number of rotatable bonds is 4. The van der Waals surface area contributed by atoms with E-state index in [9.17, 15) is 0 Å². The maximum absolute atomic E-state index is 4.70. The fraction of sp³-hybridized carbons (Fsp3) is 0.333. The van der Waals surface area contributed by atoms with Gasteiger partial charge in [0, 0.05) is 11.4 Å². The van der Waals surface area contributed by atoms with Crippen molar-refractivity contribution in [3.05, 3.63) is 28.4 Å². The number of nitrogens with one attached hydrogen (secondary N) is 1. The molecular weight excluding hydrogens is 198 g/mol. The lowest BCUT2D eigenvalue weighted by Crippen LogP contribution is -1.99. The Balaban J connectivity index is 1.92. The minimum absolute atomic E-state index is 0.697. The third kappa shape index (κ3) is 2.11. The number of hydrogen-bond donors (Lipinski definition) is 1. The Morgan fingerprint density at radius 3 is 3.14 bits per heavy atom. The molecule has 0 atom stereocenters. The third-order valence-corrected chi connectivity index (χ3v) is 2.83. The van der Waals surface area contributed by atoms with Crippen molar-refractivity contribution >= 4 is 17.2 Å². The van der Waals surface area contributed by atoms with Crippen LogP contribution in [0.25, 0.3) is 0 Å². The lowest BCUT2D eigenvalue weighted by Gasteiger charge is -1.97. The molecule has 1 N–H and O–H groups in total. The molecule has 0 amide bonds. The summed E-state index contributed by atoms with van der Waals surface area (Å²) in [5, 5.41) is 10.1. The molecule has 2 heterocycles. The van der Waals surface area contributed by atoms with Crippen LogP contribution >= 0.6 is 11.3 Å². The van der Waals surface area contributed by atoms with Crippen LogP contribution in [0, 0.1) is 0 Å². The quantitative estimate of drug-likeness (QED) is 0.839. The highest BCUT2D eigenvalue weighted by Crippen LogP contribution is 2.11. The average Bonchev–Trinajstić information content (AvgIpc) is 2.86. The first kappa shape index (κ1) is 9.21. The average molecular weight is 209 g/mol. The molecule has 0 saturated carbocycles. The molecule has 0 radical (unpaired) electrons. The zero-order valence-corrected chi connectivity index (χ0v) is 8.67. The molecule has 0 aliphatic rings. The molecule has 14 heavy (non-hydrogen) atoms. The molecule has 0 unspecified atom stereocenters. The highest BCUT2D eigenvalue weighted by atomic mass is 32.1. The highest BCUT2D eigenvalue weighted by molar-refractivity contribution is 7.09. The van der Waals surface area contributed by atoms with Gasteiger partial charge in [0.25, 0.3) is 0 Å². The number of nitrogens with zero attached hydrogens (tertiary/aromatic N) is 2. The lowest BCUT2D eigenvalue weighted by molar-refractivity contribution is 0.422. The monoisotopic (exact) mass is 209 g/mol. The van der Waals surface area contributed by atoms with E-state index in [0.717, 1.165) is 17.9 Å². The zero-order chi connectivity index (χ0) is 9.80. The van der Waals surface area contributed by atoms with Crippen molar-refractivity contribution in [1.29, 1.82) is 0 Å². The van der Waals surface area contributed by atoms with Gasteiger partial charge in [-0.05, 0) is 6.42 Å². The molecule has 0 aliphatic carbocycles. The largest absolute Gasteiger partial charge is 0.363 e. The second kappa shape index (κ2) is 4.23. The van der Waals surface area contributed by atoms with Crippen molar-refractivity contribution in [1.82, 2.24) is 10.1 Å². The molecule has 0 bridgehead atoms. The summed E-state index contributed by atoms with van der Waals surface area (Å²) in [7, 11) is 0. The summed E-state index contributed by atoms with van der Waals surface area (Å²) < 4.78 is 4.70. The molecule has 2 rings (SSSR count). The zero-order valence-electron chi connectivity index (χ0n) is 7.86. The predicted octanol–water partition coefficient (Wildman–Crippen LogP) is 2.31. The first-order valence-corrected chi connectivity index (χ1v) is 5.34. The number of aromatic nitrogens is 2. The van der Waals surface area contributed by atoms with Crippen LogP contribution in [-0.4, -0.2) is 10.1 Å². The van der Waals surface area contributed by atoms with E-state index in [1.807, 2.05) is 0 Å². The number of hydrogen-bond acceptors (Lipinski definition) is 5. The Kier molecular flexibility index (Phi) is 2.78. The fourth-order valence-electron chi connectivity index (χ4n) is 1.08.